The number of hydrogen-bond acceptors (Lipinski definition) is 0. The lowest BCUT2D eigenvalue weighted by atomic mass is 9.56. The van der Waals surface area contributed by atoms with Gasteiger partial charge in [0.2, 0.25) is 0 Å². The summed E-state index contributed by atoms with van der Waals surface area (Å²) in [7, 11) is 0. The second-order valence-corrected chi connectivity index (χ2v) is 5.37. The molecule has 3 aliphatic rings. The van der Waals surface area contributed by atoms with Crippen molar-refractivity contribution in [1.29, 1.82) is 0 Å². The maximum atomic E-state index is 1.62. The summed E-state index contributed by atoms with van der Waals surface area (Å²) in [5, 5.41) is 0. The molecule has 68 valence electrons. The zero-order chi connectivity index (χ0) is 7.97. The number of fused-ring (bicyclic) bond motifs is 2. The van der Waals surface area contributed by atoms with Crippen LogP contribution in [0.15, 0.2) is 0 Å². The van der Waals surface area contributed by atoms with E-state index in [0.717, 1.165) is 0 Å². The van der Waals surface area contributed by atoms with E-state index in [9.17, 15) is 0 Å². The minimum absolute atomic E-state index is 1.17. The molecule has 3 rings (SSSR count). The molecule has 0 spiro atoms. The lowest BCUT2D eigenvalue weighted by Gasteiger charge is -2.49. The Morgan fingerprint density at radius 2 is 0.917 bits per heavy atom. The number of rotatable bonds is 0. The fourth-order valence-electron chi connectivity index (χ4n) is 3.94. The van der Waals surface area contributed by atoms with E-state index in [2.05, 4.69) is 0 Å². The zero-order valence-corrected chi connectivity index (χ0v) is 7.97. The van der Waals surface area contributed by atoms with Crippen LogP contribution in [-0.2, 0) is 0 Å². The van der Waals surface area contributed by atoms with Crippen LogP contribution in [0.25, 0.3) is 0 Å². The van der Waals surface area contributed by atoms with Crippen molar-refractivity contribution >= 4 is 0 Å². The smallest absolute Gasteiger partial charge is 0.0383 e. The fraction of sp³-hybridized carbons (Fsp3) is 1.00. The van der Waals surface area contributed by atoms with Gasteiger partial charge in [-0.3, -0.25) is 0 Å². The molecule has 0 saturated heterocycles. The Balaban J connectivity index is 1.70. The van der Waals surface area contributed by atoms with Crippen molar-refractivity contribution in [2.45, 2.75) is 51.4 Å². The standard InChI is InChI=1S/C12H20/c1-2-4-10-8-12-6-5-11(12)7-9(10)3-1/h9-12H,1-8H2. The van der Waals surface area contributed by atoms with E-state index in [1.807, 2.05) is 0 Å². The first kappa shape index (κ1) is 7.41. The first-order valence-corrected chi connectivity index (χ1v) is 5.93. The van der Waals surface area contributed by atoms with Crippen molar-refractivity contribution in [3.63, 3.8) is 0 Å². The van der Waals surface area contributed by atoms with Crippen LogP contribution >= 0.6 is 0 Å². The molecule has 0 N–H and O–H groups in total. The molecule has 4 unspecified atom stereocenters. The molecule has 0 aromatic carbocycles. The molecule has 3 aliphatic carbocycles. The second-order valence-electron chi connectivity index (χ2n) is 5.37. The predicted octanol–water partition coefficient (Wildman–Crippen LogP) is 3.61. The quantitative estimate of drug-likeness (QED) is 0.513. The summed E-state index contributed by atoms with van der Waals surface area (Å²) in [6.45, 7) is 0. The summed E-state index contributed by atoms with van der Waals surface area (Å²) in [6, 6.07) is 0. The van der Waals surface area contributed by atoms with E-state index in [1.54, 1.807) is 51.4 Å². The molecular formula is C12H20. The van der Waals surface area contributed by atoms with E-state index < -0.39 is 0 Å². The average molecular weight is 164 g/mol. The summed E-state index contributed by atoms with van der Waals surface area (Å²) in [5.74, 6) is 4.70. The summed E-state index contributed by atoms with van der Waals surface area (Å²) in [6.07, 6.45) is 12.6. The van der Waals surface area contributed by atoms with Crippen LogP contribution < -0.4 is 0 Å². The molecule has 0 radical (unpaired) electrons. The van der Waals surface area contributed by atoms with E-state index in [0.29, 0.717) is 0 Å². The molecule has 0 heteroatoms. The largest absolute Gasteiger partial charge is 0.0530 e. The van der Waals surface area contributed by atoms with Crippen molar-refractivity contribution in [2.24, 2.45) is 23.7 Å². The Labute approximate surface area is 75.7 Å². The molecule has 0 aromatic heterocycles. The van der Waals surface area contributed by atoms with Crippen molar-refractivity contribution in [3.05, 3.63) is 0 Å². The van der Waals surface area contributed by atoms with Gasteiger partial charge in [-0.05, 0) is 49.4 Å². The highest BCUT2D eigenvalue weighted by molar-refractivity contribution is 4.92. The highest BCUT2D eigenvalue weighted by atomic mass is 14.5. The summed E-state index contributed by atoms with van der Waals surface area (Å²) in [5.41, 5.74) is 0. The van der Waals surface area contributed by atoms with Gasteiger partial charge in [-0.2, -0.15) is 0 Å². The topological polar surface area (TPSA) is 0 Å². The van der Waals surface area contributed by atoms with Crippen LogP contribution in [0.4, 0.5) is 0 Å². The van der Waals surface area contributed by atoms with Gasteiger partial charge in [0.15, 0.2) is 0 Å². The van der Waals surface area contributed by atoms with E-state index in [4.69, 9.17) is 0 Å². The molecule has 0 amide bonds. The molecule has 0 heterocycles. The van der Waals surface area contributed by atoms with Gasteiger partial charge in [0.05, 0.1) is 0 Å². The highest BCUT2D eigenvalue weighted by Gasteiger charge is 2.41. The summed E-state index contributed by atoms with van der Waals surface area (Å²) in [4.78, 5) is 0. The van der Waals surface area contributed by atoms with Crippen LogP contribution in [0, 0.1) is 23.7 Å². The van der Waals surface area contributed by atoms with E-state index >= 15 is 0 Å². The van der Waals surface area contributed by atoms with Crippen molar-refractivity contribution in [1.82, 2.24) is 0 Å². The molecule has 12 heavy (non-hydrogen) atoms. The first-order valence-electron chi connectivity index (χ1n) is 5.93. The van der Waals surface area contributed by atoms with Crippen LogP contribution in [0.5, 0.6) is 0 Å². The summed E-state index contributed by atoms with van der Waals surface area (Å²) < 4.78 is 0. The lowest BCUT2D eigenvalue weighted by molar-refractivity contribution is 0.0154. The maximum absolute atomic E-state index is 1.62. The molecule has 0 aliphatic heterocycles. The maximum Gasteiger partial charge on any atom is -0.0383 e. The van der Waals surface area contributed by atoms with Crippen LogP contribution in [-0.4, -0.2) is 0 Å². The Morgan fingerprint density at radius 1 is 0.500 bits per heavy atom. The van der Waals surface area contributed by atoms with Crippen molar-refractivity contribution in [2.75, 3.05) is 0 Å². The van der Waals surface area contributed by atoms with Gasteiger partial charge < -0.3 is 0 Å². The molecule has 0 bridgehead atoms. The van der Waals surface area contributed by atoms with Crippen molar-refractivity contribution < 1.29 is 0 Å². The lowest BCUT2D eigenvalue weighted by Crippen LogP contribution is -2.39. The van der Waals surface area contributed by atoms with E-state index in [-0.39, 0.29) is 0 Å². The first-order chi connectivity index (χ1) is 5.93. The normalized spacial score (nSPS) is 52.0. The molecule has 0 aromatic rings. The van der Waals surface area contributed by atoms with Crippen LogP contribution in [0.1, 0.15) is 51.4 Å². The van der Waals surface area contributed by atoms with Crippen LogP contribution in [0.3, 0.4) is 0 Å². The molecule has 3 saturated carbocycles. The monoisotopic (exact) mass is 164 g/mol. The third kappa shape index (κ3) is 1.03. The van der Waals surface area contributed by atoms with E-state index in [1.165, 1.54) is 23.7 Å². The fourth-order valence-corrected chi connectivity index (χ4v) is 3.94. The SMILES string of the molecule is C1CCC2CC3CCC3CC2C1. The average Bonchev–Trinajstić information content (AvgIpc) is 2.09. The molecule has 4 atom stereocenters. The van der Waals surface area contributed by atoms with Crippen LogP contribution in [0.2, 0.25) is 0 Å². The summed E-state index contributed by atoms with van der Waals surface area (Å²) >= 11 is 0. The van der Waals surface area contributed by atoms with Gasteiger partial charge in [0.1, 0.15) is 0 Å². The van der Waals surface area contributed by atoms with Gasteiger partial charge in [-0.25, -0.2) is 0 Å². The predicted molar refractivity (Wildman–Crippen MR) is 50.9 cm³/mol. The van der Waals surface area contributed by atoms with Gasteiger partial charge in [-0.1, -0.05) is 25.7 Å². The Bertz CT molecular complexity index is 153. The van der Waals surface area contributed by atoms with Gasteiger partial charge >= 0.3 is 0 Å². The Morgan fingerprint density at radius 3 is 1.33 bits per heavy atom. The van der Waals surface area contributed by atoms with Gasteiger partial charge in [0, 0.05) is 0 Å². The zero-order valence-electron chi connectivity index (χ0n) is 7.97. The Kier molecular flexibility index (Phi) is 1.70. The minimum atomic E-state index is 1.17. The number of hydrogen-bond donors (Lipinski definition) is 0. The Hall–Kier alpha value is 0. The second kappa shape index (κ2) is 2.75. The van der Waals surface area contributed by atoms with Gasteiger partial charge in [0.25, 0.3) is 0 Å². The van der Waals surface area contributed by atoms with Crippen molar-refractivity contribution in [3.8, 4) is 0 Å². The third-order valence-corrected chi connectivity index (χ3v) is 4.85. The molecule has 0 nitrogen and oxygen atoms in total. The molecular weight excluding hydrogens is 144 g/mol. The van der Waals surface area contributed by atoms with Gasteiger partial charge in [-0.15, -0.1) is 0 Å². The minimum Gasteiger partial charge on any atom is -0.0530 e. The highest BCUT2D eigenvalue weighted by Crippen LogP contribution is 2.52. The molecule has 3 fully saturated rings. The third-order valence-electron chi connectivity index (χ3n) is 4.85.